The van der Waals surface area contributed by atoms with Gasteiger partial charge in [-0.25, -0.2) is 4.98 Å². The number of benzene rings is 2. The first-order valence-corrected chi connectivity index (χ1v) is 12.1. The minimum Gasteiger partial charge on any atom is -0.487 e. The maximum Gasteiger partial charge on any atom is 0.389 e. The summed E-state index contributed by atoms with van der Waals surface area (Å²) in [5, 5.41) is 1.04. The molecule has 194 valence electrons. The second-order valence-corrected chi connectivity index (χ2v) is 10.8. The lowest BCUT2D eigenvalue weighted by Gasteiger charge is -2.36. The number of para-hydroxylation sites is 1. The molecule has 2 aromatic carbocycles. The molecule has 0 aliphatic heterocycles. The van der Waals surface area contributed by atoms with Crippen molar-refractivity contribution in [3.63, 3.8) is 0 Å². The fourth-order valence-corrected chi connectivity index (χ4v) is 3.95. The molecular weight excluding hydrogens is 467 g/mol. The highest BCUT2D eigenvalue weighted by molar-refractivity contribution is 5.78. The Bertz CT molecular complexity index is 1180. The van der Waals surface area contributed by atoms with Gasteiger partial charge in [-0.15, -0.1) is 0 Å². The molecule has 1 heterocycles. The molecule has 1 unspecified atom stereocenters. The van der Waals surface area contributed by atoms with Crippen LogP contribution in [0.2, 0.25) is 0 Å². The van der Waals surface area contributed by atoms with E-state index in [0.29, 0.717) is 11.3 Å². The topological polar surface area (TPSA) is 48.4 Å². The number of fused-ring (bicyclic) bond motifs is 1. The smallest absolute Gasteiger partial charge is 0.389 e. The predicted molar refractivity (Wildman–Crippen MR) is 134 cm³/mol. The van der Waals surface area contributed by atoms with Crippen molar-refractivity contribution >= 4 is 16.9 Å². The molecule has 0 amide bonds. The average molecular weight is 502 g/mol. The molecule has 0 saturated heterocycles. The fraction of sp³-hybridized carbons (Fsp3) is 0.448. The van der Waals surface area contributed by atoms with Crippen LogP contribution in [0.25, 0.3) is 10.9 Å². The molecular formula is C29H34F3NO3. The van der Waals surface area contributed by atoms with Gasteiger partial charge >= 0.3 is 12.1 Å². The summed E-state index contributed by atoms with van der Waals surface area (Å²) in [7, 11) is 0. The van der Waals surface area contributed by atoms with Crippen molar-refractivity contribution < 1.29 is 27.4 Å². The molecule has 0 saturated carbocycles. The zero-order chi connectivity index (χ0) is 26.6. The highest BCUT2D eigenvalue weighted by atomic mass is 19.4. The van der Waals surface area contributed by atoms with E-state index in [9.17, 15) is 18.0 Å². The van der Waals surface area contributed by atoms with E-state index in [4.69, 9.17) is 9.47 Å². The summed E-state index contributed by atoms with van der Waals surface area (Å²) < 4.78 is 50.3. The standard InChI is InChI=1S/C29H34F3NO3/c1-27(2,3)26(34)36-25(28(4,5)16-9-17-29(30,31)32)21-11-8-12-23(18-21)35-19-22-15-14-20-10-6-7-13-24(20)33-22/h6-8,10-15,18,25H,9,16-17,19H2,1-5H3. The third-order valence-corrected chi connectivity index (χ3v) is 6.03. The molecule has 0 fully saturated rings. The number of ether oxygens (including phenoxy) is 2. The van der Waals surface area contributed by atoms with Crippen LogP contribution in [-0.4, -0.2) is 17.1 Å². The third kappa shape index (κ3) is 7.70. The van der Waals surface area contributed by atoms with Gasteiger partial charge in [0.25, 0.3) is 0 Å². The molecule has 0 radical (unpaired) electrons. The molecule has 0 N–H and O–H groups in total. The zero-order valence-electron chi connectivity index (χ0n) is 21.5. The predicted octanol–water partition coefficient (Wildman–Crippen LogP) is 8.20. The lowest BCUT2D eigenvalue weighted by Crippen LogP contribution is -2.32. The number of aromatic nitrogens is 1. The largest absolute Gasteiger partial charge is 0.487 e. The highest BCUT2D eigenvalue weighted by Crippen LogP contribution is 2.43. The Balaban J connectivity index is 1.81. The minimum absolute atomic E-state index is 0.0517. The molecule has 0 bridgehead atoms. The summed E-state index contributed by atoms with van der Waals surface area (Å²) in [6.07, 6.45) is -5.65. The Hall–Kier alpha value is -3.09. The quantitative estimate of drug-likeness (QED) is 0.277. The lowest BCUT2D eigenvalue weighted by atomic mass is 9.78. The van der Waals surface area contributed by atoms with Gasteiger partial charge < -0.3 is 9.47 Å². The van der Waals surface area contributed by atoms with Crippen LogP contribution in [0.15, 0.2) is 60.7 Å². The number of carbonyl (C=O) groups excluding carboxylic acids is 1. The summed E-state index contributed by atoms with van der Waals surface area (Å²) >= 11 is 0. The van der Waals surface area contributed by atoms with Gasteiger partial charge in [0.15, 0.2) is 0 Å². The van der Waals surface area contributed by atoms with Crippen molar-refractivity contribution in [1.29, 1.82) is 0 Å². The Kier molecular flexibility index (Phi) is 8.32. The van der Waals surface area contributed by atoms with E-state index in [1.54, 1.807) is 39.0 Å². The summed E-state index contributed by atoms with van der Waals surface area (Å²) in [5.74, 6) is 0.147. The zero-order valence-corrected chi connectivity index (χ0v) is 21.5. The van der Waals surface area contributed by atoms with Crippen LogP contribution in [0.3, 0.4) is 0 Å². The van der Waals surface area contributed by atoms with Crippen molar-refractivity contribution in [2.45, 2.75) is 72.8 Å². The Morgan fingerprint density at radius 1 is 0.917 bits per heavy atom. The first-order chi connectivity index (χ1) is 16.7. The number of esters is 1. The molecule has 3 rings (SSSR count). The summed E-state index contributed by atoms with van der Waals surface area (Å²) in [6.45, 7) is 9.15. The number of nitrogens with zero attached hydrogens (tertiary/aromatic N) is 1. The highest BCUT2D eigenvalue weighted by Gasteiger charge is 2.38. The van der Waals surface area contributed by atoms with Gasteiger partial charge in [0.2, 0.25) is 0 Å². The van der Waals surface area contributed by atoms with Gasteiger partial charge in [-0.05, 0) is 63.4 Å². The summed E-state index contributed by atoms with van der Waals surface area (Å²) in [5.41, 5.74) is 0.832. The number of halogens is 3. The number of carbonyl (C=O) groups is 1. The van der Waals surface area contributed by atoms with Crippen LogP contribution < -0.4 is 4.74 Å². The summed E-state index contributed by atoms with van der Waals surface area (Å²) in [4.78, 5) is 17.4. The van der Waals surface area contributed by atoms with Gasteiger partial charge in [0.1, 0.15) is 18.5 Å². The van der Waals surface area contributed by atoms with E-state index < -0.39 is 35.5 Å². The summed E-state index contributed by atoms with van der Waals surface area (Å²) in [6, 6.07) is 18.9. The fourth-order valence-electron chi connectivity index (χ4n) is 3.95. The van der Waals surface area contributed by atoms with Crippen molar-refractivity contribution in [1.82, 2.24) is 4.98 Å². The molecule has 36 heavy (non-hydrogen) atoms. The Morgan fingerprint density at radius 3 is 2.33 bits per heavy atom. The van der Waals surface area contributed by atoms with Crippen molar-refractivity contribution in [2.24, 2.45) is 10.8 Å². The first-order valence-electron chi connectivity index (χ1n) is 12.1. The number of pyridine rings is 1. The van der Waals surface area contributed by atoms with E-state index in [0.717, 1.165) is 16.6 Å². The van der Waals surface area contributed by atoms with Gasteiger partial charge in [-0.3, -0.25) is 4.79 Å². The van der Waals surface area contributed by atoms with Crippen LogP contribution >= 0.6 is 0 Å². The lowest BCUT2D eigenvalue weighted by molar-refractivity contribution is -0.167. The van der Waals surface area contributed by atoms with Crippen LogP contribution in [-0.2, 0) is 16.1 Å². The van der Waals surface area contributed by atoms with Crippen LogP contribution in [0.1, 0.15) is 71.2 Å². The van der Waals surface area contributed by atoms with Crippen molar-refractivity contribution in [3.8, 4) is 5.75 Å². The van der Waals surface area contributed by atoms with Crippen LogP contribution in [0, 0.1) is 10.8 Å². The van der Waals surface area contributed by atoms with Crippen LogP contribution in [0.4, 0.5) is 13.2 Å². The average Bonchev–Trinajstić information content (AvgIpc) is 2.79. The normalized spacial score (nSPS) is 13.4. The molecule has 3 aromatic rings. The number of hydrogen-bond acceptors (Lipinski definition) is 4. The van der Waals surface area contributed by atoms with E-state index in [1.807, 2.05) is 56.3 Å². The van der Waals surface area contributed by atoms with Gasteiger partial charge in [0.05, 0.1) is 16.6 Å². The number of hydrogen-bond donors (Lipinski definition) is 0. The van der Waals surface area contributed by atoms with Crippen molar-refractivity contribution in [2.75, 3.05) is 0 Å². The van der Waals surface area contributed by atoms with E-state index in [-0.39, 0.29) is 19.4 Å². The van der Waals surface area contributed by atoms with E-state index >= 15 is 0 Å². The molecule has 4 nitrogen and oxygen atoms in total. The Morgan fingerprint density at radius 2 is 1.64 bits per heavy atom. The second kappa shape index (κ2) is 10.9. The molecule has 0 spiro atoms. The van der Waals surface area contributed by atoms with E-state index in [2.05, 4.69) is 4.98 Å². The van der Waals surface area contributed by atoms with Gasteiger partial charge in [-0.2, -0.15) is 13.2 Å². The first kappa shape index (κ1) is 27.5. The molecule has 0 aliphatic rings. The maximum atomic E-state index is 12.8. The minimum atomic E-state index is -4.22. The van der Waals surface area contributed by atoms with Crippen molar-refractivity contribution in [3.05, 3.63) is 71.9 Å². The van der Waals surface area contributed by atoms with E-state index in [1.165, 1.54) is 0 Å². The SMILES string of the molecule is CC(C)(C)C(=O)OC(c1cccc(OCc2ccc3ccccc3n2)c1)C(C)(C)CCCC(F)(F)F. The molecule has 7 heteroatoms. The monoisotopic (exact) mass is 501 g/mol. The maximum absolute atomic E-state index is 12.8. The van der Waals surface area contributed by atoms with Gasteiger partial charge in [-0.1, -0.05) is 50.2 Å². The third-order valence-electron chi connectivity index (χ3n) is 6.03. The number of alkyl halides is 3. The number of rotatable bonds is 9. The van der Waals surface area contributed by atoms with Gasteiger partial charge in [0, 0.05) is 17.2 Å². The molecule has 1 aromatic heterocycles. The molecule has 0 aliphatic carbocycles. The second-order valence-electron chi connectivity index (χ2n) is 10.8. The Labute approximate surface area is 210 Å². The van der Waals surface area contributed by atoms with Crippen LogP contribution in [0.5, 0.6) is 5.75 Å². The molecule has 1 atom stereocenters.